The highest BCUT2D eigenvalue weighted by Gasteiger charge is 2.37. The van der Waals surface area contributed by atoms with Gasteiger partial charge in [-0.2, -0.15) is 0 Å². The van der Waals surface area contributed by atoms with Gasteiger partial charge < -0.3 is 15.3 Å². The van der Waals surface area contributed by atoms with E-state index in [1.165, 1.54) is 12.1 Å². The number of carbonyl (C=O) groups excluding carboxylic acids is 2. The van der Waals surface area contributed by atoms with Crippen molar-refractivity contribution in [2.75, 3.05) is 0 Å². The number of carbonyl (C=O) groups is 3. The highest BCUT2D eigenvalue weighted by molar-refractivity contribution is 6.30. The van der Waals surface area contributed by atoms with Crippen molar-refractivity contribution >= 4 is 17.5 Å². The summed E-state index contributed by atoms with van der Waals surface area (Å²) in [7, 11) is 0. The van der Waals surface area contributed by atoms with E-state index < -0.39 is 35.0 Å². The van der Waals surface area contributed by atoms with Gasteiger partial charge >= 0.3 is 5.97 Å². The summed E-state index contributed by atoms with van der Waals surface area (Å²) < 4.78 is 0. The van der Waals surface area contributed by atoms with Gasteiger partial charge in [0.1, 0.15) is 17.4 Å². The zero-order chi connectivity index (χ0) is 19.6. The molecule has 0 saturated heterocycles. The number of ketones is 2. The van der Waals surface area contributed by atoms with Gasteiger partial charge in [0.15, 0.2) is 11.6 Å². The van der Waals surface area contributed by atoms with E-state index in [0.29, 0.717) is 0 Å². The number of phenols is 2. The number of benzene rings is 2. The molecule has 6 heteroatoms. The molecule has 0 radical (unpaired) electrons. The lowest BCUT2D eigenvalue weighted by atomic mass is 9.80. The van der Waals surface area contributed by atoms with Gasteiger partial charge in [0.25, 0.3) is 0 Å². The van der Waals surface area contributed by atoms with Crippen LogP contribution in [0.3, 0.4) is 0 Å². The third kappa shape index (κ3) is 2.75. The summed E-state index contributed by atoms with van der Waals surface area (Å²) in [6.07, 6.45) is 1.06. The lowest BCUT2D eigenvalue weighted by molar-refractivity contribution is -0.137. The zero-order valence-electron chi connectivity index (χ0n) is 14.3. The Kier molecular flexibility index (Phi) is 5.26. The summed E-state index contributed by atoms with van der Waals surface area (Å²) in [5.41, 5.74) is -0.701. The third-order valence-electron chi connectivity index (χ3n) is 4.02. The number of phenolic OH excluding ortho intramolecular Hbond substituents is 2. The standard InChI is InChI=1S/C18H12O6.C2H6/c1-2-8(18(23)24)11-7-12(19)13-14(17(11)22)16(21)10-6-4-3-5-9(10)15(13)20;1-2/h2-8,19,22H,1H2,(H,23,24);1-2H3. The number of aliphatic carboxylic acids is 1. The van der Waals surface area contributed by atoms with Crippen LogP contribution in [0.25, 0.3) is 0 Å². The minimum Gasteiger partial charge on any atom is -0.507 e. The first-order valence-corrected chi connectivity index (χ1v) is 8.01. The number of rotatable bonds is 3. The molecule has 26 heavy (non-hydrogen) atoms. The number of carboxylic acids is 1. The van der Waals surface area contributed by atoms with Crippen LogP contribution in [-0.4, -0.2) is 32.9 Å². The Morgan fingerprint density at radius 2 is 1.54 bits per heavy atom. The maximum atomic E-state index is 12.7. The molecule has 0 aromatic heterocycles. The molecule has 1 aliphatic carbocycles. The van der Waals surface area contributed by atoms with Crippen molar-refractivity contribution in [1.82, 2.24) is 0 Å². The maximum Gasteiger partial charge on any atom is 0.314 e. The Morgan fingerprint density at radius 3 is 2.00 bits per heavy atom. The van der Waals surface area contributed by atoms with Crippen LogP contribution in [0.1, 0.15) is 57.2 Å². The van der Waals surface area contributed by atoms with E-state index in [1.807, 2.05) is 13.8 Å². The first kappa shape index (κ1) is 18.9. The summed E-state index contributed by atoms with van der Waals surface area (Å²) in [4.78, 5) is 36.5. The molecule has 134 valence electrons. The first-order chi connectivity index (χ1) is 12.4. The summed E-state index contributed by atoms with van der Waals surface area (Å²) in [6, 6.07) is 7.02. The fraction of sp³-hybridized carbons (Fsp3) is 0.150. The largest absolute Gasteiger partial charge is 0.507 e. The summed E-state index contributed by atoms with van der Waals surface area (Å²) in [5, 5.41) is 29.8. The Morgan fingerprint density at radius 1 is 1.04 bits per heavy atom. The van der Waals surface area contributed by atoms with Crippen LogP contribution < -0.4 is 0 Å². The van der Waals surface area contributed by atoms with Gasteiger partial charge in [-0.1, -0.05) is 44.2 Å². The molecule has 2 aromatic rings. The maximum absolute atomic E-state index is 12.7. The van der Waals surface area contributed by atoms with Crippen molar-refractivity contribution in [3.8, 4) is 11.5 Å². The van der Waals surface area contributed by atoms with E-state index in [0.717, 1.165) is 12.1 Å². The van der Waals surface area contributed by atoms with Crippen LogP contribution in [-0.2, 0) is 4.79 Å². The Bertz CT molecular complexity index is 926. The van der Waals surface area contributed by atoms with E-state index in [1.54, 1.807) is 12.1 Å². The van der Waals surface area contributed by atoms with E-state index in [9.17, 15) is 29.7 Å². The molecule has 0 aliphatic heterocycles. The van der Waals surface area contributed by atoms with Crippen LogP contribution in [0.15, 0.2) is 43.0 Å². The molecule has 0 amide bonds. The summed E-state index contributed by atoms with van der Waals surface area (Å²) >= 11 is 0. The minimum atomic E-state index is -1.33. The molecular weight excluding hydrogens is 336 g/mol. The van der Waals surface area contributed by atoms with Gasteiger partial charge in [0.2, 0.25) is 0 Å². The number of hydrogen-bond acceptors (Lipinski definition) is 5. The van der Waals surface area contributed by atoms with E-state index >= 15 is 0 Å². The van der Waals surface area contributed by atoms with Crippen molar-refractivity contribution in [3.63, 3.8) is 0 Å². The van der Waals surface area contributed by atoms with E-state index in [-0.39, 0.29) is 27.8 Å². The number of hydrogen-bond donors (Lipinski definition) is 3. The average molecular weight is 354 g/mol. The molecule has 3 rings (SSSR count). The van der Waals surface area contributed by atoms with Crippen molar-refractivity contribution in [2.45, 2.75) is 19.8 Å². The molecule has 0 heterocycles. The van der Waals surface area contributed by atoms with Gasteiger partial charge in [-0.25, -0.2) is 0 Å². The molecule has 1 atom stereocenters. The third-order valence-corrected chi connectivity index (χ3v) is 4.02. The summed E-state index contributed by atoms with van der Waals surface area (Å²) in [6.45, 7) is 7.39. The fourth-order valence-electron chi connectivity index (χ4n) is 2.88. The van der Waals surface area contributed by atoms with Crippen molar-refractivity contribution < 1.29 is 29.7 Å². The molecule has 0 bridgehead atoms. The Hall–Kier alpha value is -3.41. The molecule has 1 unspecified atom stereocenters. The second-order valence-electron chi connectivity index (χ2n) is 5.34. The number of carboxylic acid groups (broad SMARTS) is 1. The topological polar surface area (TPSA) is 112 Å². The fourth-order valence-corrected chi connectivity index (χ4v) is 2.88. The SMILES string of the molecule is C=CC(C(=O)O)c1cc(O)c2c(c1O)C(=O)c1ccccc1C2=O.CC. The average Bonchev–Trinajstić information content (AvgIpc) is 2.64. The second-order valence-corrected chi connectivity index (χ2v) is 5.34. The predicted octanol–water partition coefficient (Wildman–Crippen LogP) is 3.25. The van der Waals surface area contributed by atoms with Gasteiger partial charge in [0.05, 0.1) is 11.1 Å². The molecule has 0 fully saturated rings. The van der Waals surface area contributed by atoms with Crippen LogP contribution in [0.4, 0.5) is 0 Å². The Balaban J connectivity index is 0.00000117. The van der Waals surface area contributed by atoms with Crippen molar-refractivity contribution in [3.05, 3.63) is 70.8 Å². The monoisotopic (exact) mass is 354 g/mol. The Labute approximate surface area is 150 Å². The lowest BCUT2D eigenvalue weighted by Crippen LogP contribution is -2.22. The predicted molar refractivity (Wildman–Crippen MR) is 95.0 cm³/mol. The van der Waals surface area contributed by atoms with E-state index in [4.69, 9.17) is 0 Å². The second kappa shape index (κ2) is 7.23. The van der Waals surface area contributed by atoms with Gasteiger partial charge in [-0.15, -0.1) is 6.58 Å². The van der Waals surface area contributed by atoms with Crippen LogP contribution >= 0.6 is 0 Å². The van der Waals surface area contributed by atoms with Crippen LogP contribution in [0.2, 0.25) is 0 Å². The van der Waals surface area contributed by atoms with Gasteiger partial charge in [-0.3, -0.25) is 14.4 Å². The highest BCUT2D eigenvalue weighted by Crippen LogP contribution is 2.42. The van der Waals surface area contributed by atoms with Crippen LogP contribution in [0.5, 0.6) is 11.5 Å². The molecule has 6 nitrogen and oxygen atoms in total. The highest BCUT2D eigenvalue weighted by atomic mass is 16.4. The van der Waals surface area contributed by atoms with Crippen molar-refractivity contribution in [1.29, 1.82) is 0 Å². The number of fused-ring (bicyclic) bond motifs is 2. The normalized spacial score (nSPS) is 13.0. The molecule has 2 aromatic carbocycles. The lowest BCUT2D eigenvalue weighted by Gasteiger charge is -2.22. The molecular formula is C20H18O6. The molecule has 1 aliphatic rings. The minimum absolute atomic E-state index is 0.0901. The molecule has 0 spiro atoms. The van der Waals surface area contributed by atoms with Crippen LogP contribution in [0, 0.1) is 0 Å². The van der Waals surface area contributed by atoms with Gasteiger partial charge in [-0.05, 0) is 6.07 Å². The molecule has 0 saturated carbocycles. The van der Waals surface area contributed by atoms with E-state index in [2.05, 4.69) is 6.58 Å². The summed E-state index contributed by atoms with van der Waals surface area (Å²) in [5.74, 6) is -5.09. The van der Waals surface area contributed by atoms with Crippen molar-refractivity contribution in [2.24, 2.45) is 0 Å². The zero-order valence-corrected chi connectivity index (χ0v) is 14.3. The smallest absolute Gasteiger partial charge is 0.314 e. The quantitative estimate of drug-likeness (QED) is 0.492. The molecule has 3 N–H and O–H groups in total. The first-order valence-electron chi connectivity index (χ1n) is 8.01. The number of aromatic hydroxyl groups is 2. The van der Waals surface area contributed by atoms with Gasteiger partial charge in [0, 0.05) is 16.7 Å².